The molecule has 2 aromatic rings. The van der Waals surface area contributed by atoms with Crippen LogP contribution in [-0.4, -0.2) is 35.6 Å². The summed E-state index contributed by atoms with van der Waals surface area (Å²) < 4.78 is 3.34. The van der Waals surface area contributed by atoms with Crippen LogP contribution in [0.4, 0.5) is 0 Å². The molecule has 2 rings (SSSR count). The average molecular weight is 235 g/mol. The van der Waals surface area contributed by atoms with Gasteiger partial charge in [0.25, 0.3) is 0 Å². The van der Waals surface area contributed by atoms with Gasteiger partial charge >= 0.3 is 5.97 Å². The summed E-state index contributed by atoms with van der Waals surface area (Å²) in [5.74, 6) is -1.08. The summed E-state index contributed by atoms with van der Waals surface area (Å²) in [5, 5.41) is 16.7. The van der Waals surface area contributed by atoms with E-state index in [4.69, 9.17) is 5.11 Å². The van der Waals surface area contributed by atoms with Crippen molar-refractivity contribution in [3.63, 3.8) is 0 Å². The second-order valence-electron chi connectivity index (χ2n) is 3.70. The van der Waals surface area contributed by atoms with Gasteiger partial charge in [0.1, 0.15) is 5.69 Å². The third-order valence-electron chi connectivity index (χ3n) is 2.43. The largest absolute Gasteiger partial charge is 0.476 e. The zero-order valence-corrected chi connectivity index (χ0v) is 9.66. The van der Waals surface area contributed by atoms with Gasteiger partial charge < -0.3 is 9.67 Å². The minimum atomic E-state index is -1.08. The lowest BCUT2D eigenvalue weighted by molar-refractivity contribution is 0.0691. The molecule has 0 spiro atoms. The molecule has 0 unspecified atom stereocenters. The molecular formula is C10H13N5O2. The number of imidazole rings is 1. The highest BCUT2D eigenvalue weighted by Crippen LogP contribution is 2.21. The van der Waals surface area contributed by atoms with Crippen molar-refractivity contribution in [2.75, 3.05) is 0 Å². The van der Waals surface area contributed by atoms with Crippen LogP contribution in [0.2, 0.25) is 0 Å². The van der Waals surface area contributed by atoms with Crippen LogP contribution in [0, 0.1) is 0 Å². The summed E-state index contributed by atoms with van der Waals surface area (Å²) in [6.45, 7) is 2.62. The molecule has 2 aromatic heterocycles. The van der Waals surface area contributed by atoms with Crippen LogP contribution in [0.15, 0.2) is 12.5 Å². The molecule has 0 saturated carbocycles. The Labute approximate surface area is 97.7 Å². The lowest BCUT2D eigenvalue weighted by Gasteiger charge is -2.05. The number of aryl methyl sites for hydroxylation is 2. The van der Waals surface area contributed by atoms with E-state index >= 15 is 0 Å². The fraction of sp³-hybridized carbons (Fsp3) is 0.400. The molecule has 7 heteroatoms. The van der Waals surface area contributed by atoms with Crippen molar-refractivity contribution in [1.82, 2.24) is 24.5 Å². The number of aromatic carboxylic acids is 1. The van der Waals surface area contributed by atoms with E-state index in [-0.39, 0.29) is 5.69 Å². The molecule has 0 aliphatic rings. The highest BCUT2D eigenvalue weighted by molar-refractivity contribution is 5.92. The Morgan fingerprint density at radius 3 is 2.82 bits per heavy atom. The maximum Gasteiger partial charge on any atom is 0.358 e. The average Bonchev–Trinajstić information content (AvgIpc) is 2.84. The number of nitrogens with zero attached hydrogens (tertiary/aromatic N) is 5. The molecule has 0 amide bonds. The molecule has 7 nitrogen and oxygen atoms in total. The Morgan fingerprint density at radius 1 is 1.53 bits per heavy atom. The zero-order valence-electron chi connectivity index (χ0n) is 9.66. The van der Waals surface area contributed by atoms with Gasteiger partial charge in [-0.15, -0.1) is 5.10 Å². The van der Waals surface area contributed by atoms with Gasteiger partial charge in [-0.1, -0.05) is 12.1 Å². The highest BCUT2D eigenvalue weighted by Gasteiger charge is 2.22. The minimum Gasteiger partial charge on any atom is -0.476 e. The quantitative estimate of drug-likeness (QED) is 0.846. The van der Waals surface area contributed by atoms with Gasteiger partial charge in [-0.25, -0.2) is 14.5 Å². The Balaban J connectivity index is 2.60. The summed E-state index contributed by atoms with van der Waals surface area (Å²) in [4.78, 5) is 15.1. The van der Waals surface area contributed by atoms with Crippen molar-refractivity contribution < 1.29 is 9.90 Å². The van der Waals surface area contributed by atoms with Crippen LogP contribution in [0.1, 0.15) is 23.8 Å². The summed E-state index contributed by atoms with van der Waals surface area (Å²) >= 11 is 0. The van der Waals surface area contributed by atoms with Gasteiger partial charge in [0, 0.05) is 13.6 Å². The van der Waals surface area contributed by atoms with Crippen LogP contribution in [0.25, 0.3) is 11.4 Å². The standard InChI is InChI=1S/C10H13N5O2/c1-3-4-15-9(7-5-11-6-14(7)2)8(10(16)17)12-13-15/h5-6H,3-4H2,1-2H3,(H,16,17). The lowest BCUT2D eigenvalue weighted by atomic mass is 10.2. The Bertz CT molecular complexity index is 543. The van der Waals surface area contributed by atoms with E-state index in [9.17, 15) is 4.79 Å². The molecule has 90 valence electrons. The maximum atomic E-state index is 11.1. The van der Waals surface area contributed by atoms with Crippen molar-refractivity contribution in [2.24, 2.45) is 7.05 Å². The number of aromatic nitrogens is 5. The molecule has 0 radical (unpaired) electrons. The second-order valence-corrected chi connectivity index (χ2v) is 3.70. The molecule has 0 bridgehead atoms. The fourth-order valence-corrected chi connectivity index (χ4v) is 1.66. The van der Waals surface area contributed by atoms with Crippen molar-refractivity contribution in [3.8, 4) is 11.4 Å². The first kappa shape index (κ1) is 11.3. The van der Waals surface area contributed by atoms with E-state index in [1.807, 2.05) is 6.92 Å². The predicted octanol–water partition coefficient (Wildman–Crippen LogP) is 0.787. The molecule has 17 heavy (non-hydrogen) atoms. The van der Waals surface area contributed by atoms with Crippen LogP contribution in [0.5, 0.6) is 0 Å². The maximum absolute atomic E-state index is 11.1. The smallest absolute Gasteiger partial charge is 0.358 e. The Morgan fingerprint density at radius 2 is 2.29 bits per heavy atom. The monoisotopic (exact) mass is 235 g/mol. The number of hydrogen-bond acceptors (Lipinski definition) is 4. The van der Waals surface area contributed by atoms with E-state index in [0.717, 1.165) is 6.42 Å². The van der Waals surface area contributed by atoms with Gasteiger partial charge in [-0.3, -0.25) is 0 Å². The molecule has 0 atom stereocenters. The Kier molecular flexibility index (Phi) is 2.90. The molecule has 2 heterocycles. The Hall–Kier alpha value is -2.18. The zero-order chi connectivity index (χ0) is 12.4. The summed E-state index contributed by atoms with van der Waals surface area (Å²) in [6.07, 6.45) is 4.08. The fourth-order valence-electron chi connectivity index (χ4n) is 1.66. The van der Waals surface area contributed by atoms with Gasteiger partial charge in [0.05, 0.1) is 18.2 Å². The number of rotatable bonds is 4. The van der Waals surface area contributed by atoms with Crippen LogP contribution < -0.4 is 0 Å². The summed E-state index contributed by atoms with van der Waals surface area (Å²) in [7, 11) is 1.80. The van der Waals surface area contributed by atoms with E-state index in [1.54, 1.807) is 28.8 Å². The van der Waals surface area contributed by atoms with E-state index in [0.29, 0.717) is 17.9 Å². The first-order valence-electron chi connectivity index (χ1n) is 5.28. The molecule has 0 aromatic carbocycles. The summed E-state index contributed by atoms with van der Waals surface area (Å²) in [6, 6.07) is 0. The number of carboxylic acids is 1. The number of carboxylic acid groups (broad SMARTS) is 1. The third kappa shape index (κ3) is 1.91. The van der Waals surface area contributed by atoms with E-state index in [1.165, 1.54) is 0 Å². The molecule has 0 aliphatic carbocycles. The van der Waals surface area contributed by atoms with Gasteiger partial charge in [-0.05, 0) is 6.42 Å². The SMILES string of the molecule is CCCn1nnc(C(=O)O)c1-c1cncn1C. The number of hydrogen-bond donors (Lipinski definition) is 1. The summed E-state index contributed by atoms with van der Waals surface area (Å²) in [5.41, 5.74) is 1.15. The van der Waals surface area contributed by atoms with Crippen LogP contribution in [0.3, 0.4) is 0 Å². The first-order chi connectivity index (χ1) is 8.15. The van der Waals surface area contributed by atoms with Gasteiger partial charge in [0.2, 0.25) is 0 Å². The van der Waals surface area contributed by atoms with E-state index in [2.05, 4.69) is 15.3 Å². The van der Waals surface area contributed by atoms with E-state index < -0.39 is 5.97 Å². The molecule has 1 N–H and O–H groups in total. The van der Waals surface area contributed by atoms with Crippen LogP contribution in [-0.2, 0) is 13.6 Å². The first-order valence-corrected chi connectivity index (χ1v) is 5.28. The van der Waals surface area contributed by atoms with Crippen LogP contribution >= 0.6 is 0 Å². The molecule has 0 fully saturated rings. The molecular weight excluding hydrogens is 222 g/mol. The van der Waals surface area contributed by atoms with Crippen molar-refractivity contribution in [2.45, 2.75) is 19.9 Å². The predicted molar refractivity (Wildman–Crippen MR) is 59.5 cm³/mol. The lowest BCUT2D eigenvalue weighted by Crippen LogP contribution is -2.06. The minimum absolute atomic E-state index is 0.0398. The topological polar surface area (TPSA) is 85.8 Å². The number of carbonyl (C=O) groups is 1. The normalized spacial score (nSPS) is 10.7. The van der Waals surface area contributed by atoms with Crippen molar-refractivity contribution >= 4 is 5.97 Å². The second kappa shape index (κ2) is 4.36. The van der Waals surface area contributed by atoms with Gasteiger partial charge in [0.15, 0.2) is 5.69 Å². The van der Waals surface area contributed by atoms with Crippen molar-refractivity contribution in [3.05, 3.63) is 18.2 Å². The third-order valence-corrected chi connectivity index (χ3v) is 2.43. The van der Waals surface area contributed by atoms with Gasteiger partial charge in [-0.2, -0.15) is 0 Å². The molecule has 0 saturated heterocycles. The van der Waals surface area contributed by atoms with Crippen molar-refractivity contribution in [1.29, 1.82) is 0 Å². The highest BCUT2D eigenvalue weighted by atomic mass is 16.4. The molecule has 0 aliphatic heterocycles.